The van der Waals surface area contributed by atoms with Crippen molar-refractivity contribution in [2.24, 2.45) is 0 Å². The minimum atomic E-state index is -3.55. The van der Waals surface area contributed by atoms with Crippen LogP contribution in [0.5, 0.6) is 0 Å². The molecule has 0 amide bonds. The Balaban J connectivity index is 2.22. The van der Waals surface area contributed by atoms with Crippen LogP contribution in [-0.2, 0) is 10.2 Å². The number of benzene rings is 1. The third kappa shape index (κ3) is 3.46. The van der Waals surface area contributed by atoms with Crippen molar-refractivity contribution in [2.75, 3.05) is 17.8 Å². The molecule has 0 saturated carbocycles. The number of piperidine rings is 1. The topological polar surface area (TPSA) is 49.4 Å². The molecule has 0 atom stereocenters. The maximum Gasteiger partial charge on any atom is 0.301 e. The van der Waals surface area contributed by atoms with Gasteiger partial charge in [-0.05, 0) is 53.4 Å². The molecule has 1 aliphatic heterocycles. The summed E-state index contributed by atoms with van der Waals surface area (Å²) in [5.41, 5.74) is 0.958. The van der Waals surface area contributed by atoms with E-state index in [4.69, 9.17) is 0 Å². The highest BCUT2D eigenvalue weighted by Crippen LogP contribution is 2.26. The molecule has 1 fully saturated rings. The lowest BCUT2D eigenvalue weighted by Crippen LogP contribution is -2.39. The van der Waals surface area contributed by atoms with Gasteiger partial charge in [-0.2, -0.15) is 12.7 Å². The molecule has 7 heteroatoms. The Hall–Kier alpha value is -0.660. The Morgan fingerprint density at radius 1 is 1.26 bits per heavy atom. The highest BCUT2D eigenvalue weighted by Gasteiger charge is 2.24. The molecule has 4 nitrogen and oxygen atoms in total. The van der Waals surface area contributed by atoms with Crippen molar-refractivity contribution >= 4 is 31.8 Å². The lowest BCUT2D eigenvalue weighted by atomic mass is 10.2. The second-order valence-electron chi connectivity index (χ2n) is 4.65. The predicted octanol–water partition coefficient (Wildman–Crippen LogP) is 3.04. The minimum absolute atomic E-state index is 0.245. The summed E-state index contributed by atoms with van der Waals surface area (Å²) in [6.07, 6.45) is 2.83. The summed E-state index contributed by atoms with van der Waals surface area (Å²) in [6, 6.07) is 2.75. The van der Waals surface area contributed by atoms with Crippen molar-refractivity contribution in [3.8, 4) is 0 Å². The number of hydrogen-bond acceptors (Lipinski definition) is 2. The lowest BCUT2D eigenvalue weighted by Gasteiger charge is -2.26. The Morgan fingerprint density at radius 2 is 1.89 bits per heavy atom. The van der Waals surface area contributed by atoms with Gasteiger partial charge in [0.15, 0.2) is 0 Å². The van der Waals surface area contributed by atoms with E-state index in [0.29, 0.717) is 24.3 Å². The average Bonchev–Trinajstić information content (AvgIpc) is 2.37. The monoisotopic (exact) mass is 350 g/mol. The van der Waals surface area contributed by atoms with Crippen LogP contribution in [0.4, 0.5) is 10.1 Å². The second kappa shape index (κ2) is 5.76. The molecule has 1 aromatic rings. The third-order valence-electron chi connectivity index (χ3n) is 3.16. The van der Waals surface area contributed by atoms with Gasteiger partial charge in [-0.25, -0.2) is 4.39 Å². The van der Waals surface area contributed by atoms with E-state index in [1.165, 1.54) is 16.4 Å². The summed E-state index contributed by atoms with van der Waals surface area (Å²) >= 11 is 3.06. The van der Waals surface area contributed by atoms with Crippen LogP contribution in [0.15, 0.2) is 16.6 Å². The first-order chi connectivity index (χ1) is 8.90. The highest BCUT2D eigenvalue weighted by molar-refractivity contribution is 9.10. The quantitative estimate of drug-likeness (QED) is 0.910. The van der Waals surface area contributed by atoms with Gasteiger partial charge in [0.05, 0.1) is 10.2 Å². The number of nitrogens with zero attached hydrogens (tertiary/aromatic N) is 1. The van der Waals surface area contributed by atoms with Crippen LogP contribution in [0, 0.1) is 12.7 Å². The first-order valence-corrected chi connectivity index (χ1v) is 8.37. The highest BCUT2D eigenvalue weighted by atomic mass is 79.9. The second-order valence-corrected chi connectivity index (χ2v) is 7.17. The van der Waals surface area contributed by atoms with Gasteiger partial charge < -0.3 is 0 Å². The maximum absolute atomic E-state index is 13.3. The molecular weight excluding hydrogens is 335 g/mol. The molecule has 1 heterocycles. The van der Waals surface area contributed by atoms with Crippen molar-refractivity contribution < 1.29 is 12.8 Å². The SMILES string of the molecule is Cc1cc(F)c(Br)cc1NS(=O)(=O)N1CCCCC1. The molecule has 0 radical (unpaired) electrons. The third-order valence-corrected chi connectivity index (χ3v) is 5.29. The number of rotatable bonds is 3. The molecule has 0 bridgehead atoms. The van der Waals surface area contributed by atoms with Crippen LogP contribution in [0.2, 0.25) is 0 Å². The zero-order valence-corrected chi connectivity index (χ0v) is 13.0. The van der Waals surface area contributed by atoms with Crippen LogP contribution >= 0.6 is 15.9 Å². The van der Waals surface area contributed by atoms with Gasteiger partial charge in [0.1, 0.15) is 5.82 Å². The van der Waals surface area contributed by atoms with Crippen molar-refractivity contribution in [1.29, 1.82) is 0 Å². The van der Waals surface area contributed by atoms with E-state index in [1.807, 2.05) is 0 Å². The number of aryl methyl sites for hydroxylation is 1. The van der Waals surface area contributed by atoms with Crippen molar-refractivity contribution in [1.82, 2.24) is 4.31 Å². The van der Waals surface area contributed by atoms with Gasteiger partial charge in [-0.3, -0.25) is 4.72 Å². The number of halogens is 2. The normalized spacial score (nSPS) is 17.4. The Kier molecular flexibility index (Phi) is 4.47. The molecule has 0 unspecified atom stereocenters. The number of anilines is 1. The minimum Gasteiger partial charge on any atom is -0.271 e. The van der Waals surface area contributed by atoms with Crippen LogP contribution < -0.4 is 4.72 Å². The lowest BCUT2D eigenvalue weighted by molar-refractivity contribution is 0.349. The van der Waals surface area contributed by atoms with Gasteiger partial charge in [-0.15, -0.1) is 0 Å². The molecule has 2 rings (SSSR count). The number of hydrogen-bond donors (Lipinski definition) is 1. The van der Waals surface area contributed by atoms with Crippen LogP contribution in [0.25, 0.3) is 0 Å². The van der Waals surface area contributed by atoms with E-state index in [0.717, 1.165) is 19.3 Å². The summed E-state index contributed by atoms with van der Waals surface area (Å²) in [6.45, 7) is 2.75. The fraction of sp³-hybridized carbons (Fsp3) is 0.500. The summed E-state index contributed by atoms with van der Waals surface area (Å²) in [5.74, 6) is -0.404. The first-order valence-electron chi connectivity index (χ1n) is 6.14. The fourth-order valence-electron chi connectivity index (χ4n) is 2.06. The standard InChI is InChI=1S/C12H16BrFN2O2S/c1-9-7-11(14)10(13)8-12(9)15-19(17,18)16-5-3-2-4-6-16/h7-8,15H,2-6H2,1H3. The van der Waals surface area contributed by atoms with E-state index in [-0.39, 0.29) is 4.47 Å². The number of nitrogens with one attached hydrogen (secondary N) is 1. The predicted molar refractivity (Wildman–Crippen MR) is 76.8 cm³/mol. The van der Waals surface area contributed by atoms with Gasteiger partial charge in [0.2, 0.25) is 0 Å². The largest absolute Gasteiger partial charge is 0.301 e. The molecule has 0 spiro atoms. The van der Waals surface area contributed by atoms with Gasteiger partial charge >= 0.3 is 10.2 Å². The van der Waals surface area contributed by atoms with Crippen molar-refractivity contribution in [2.45, 2.75) is 26.2 Å². The van der Waals surface area contributed by atoms with E-state index < -0.39 is 16.0 Å². The van der Waals surface area contributed by atoms with Crippen LogP contribution in [0.1, 0.15) is 24.8 Å². The first kappa shape index (κ1) is 14.7. The summed E-state index contributed by atoms with van der Waals surface area (Å²) in [5, 5.41) is 0. The summed E-state index contributed by atoms with van der Waals surface area (Å²) in [7, 11) is -3.55. The van der Waals surface area contributed by atoms with Gasteiger partial charge in [0.25, 0.3) is 0 Å². The Labute approximate surface area is 121 Å². The van der Waals surface area contributed by atoms with Crippen molar-refractivity contribution in [3.63, 3.8) is 0 Å². The van der Waals surface area contributed by atoms with E-state index >= 15 is 0 Å². The Bertz CT molecular complexity index is 571. The molecule has 1 aromatic carbocycles. The summed E-state index contributed by atoms with van der Waals surface area (Å²) in [4.78, 5) is 0. The molecular formula is C12H16BrFN2O2S. The van der Waals surface area contributed by atoms with E-state index in [2.05, 4.69) is 20.7 Å². The van der Waals surface area contributed by atoms with E-state index in [1.54, 1.807) is 6.92 Å². The summed E-state index contributed by atoms with van der Waals surface area (Å²) < 4.78 is 41.9. The van der Waals surface area contributed by atoms with Gasteiger partial charge in [0, 0.05) is 13.1 Å². The van der Waals surface area contributed by atoms with Crippen molar-refractivity contribution in [3.05, 3.63) is 28.0 Å². The van der Waals surface area contributed by atoms with E-state index in [9.17, 15) is 12.8 Å². The molecule has 0 aromatic heterocycles. The smallest absolute Gasteiger partial charge is 0.271 e. The zero-order valence-electron chi connectivity index (χ0n) is 10.6. The zero-order chi connectivity index (χ0) is 14.0. The molecule has 1 saturated heterocycles. The average molecular weight is 351 g/mol. The van der Waals surface area contributed by atoms with Crippen LogP contribution in [-0.4, -0.2) is 25.8 Å². The molecule has 1 aliphatic rings. The fourth-order valence-corrected chi connectivity index (χ4v) is 3.77. The van der Waals surface area contributed by atoms with Gasteiger partial charge in [-0.1, -0.05) is 6.42 Å². The molecule has 106 valence electrons. The molecule has 19 heavy (non-hydrogen) atoms. The van der Waals surface area contributed by atoms with Crippen LogP contribution in [0.3, 0.4) is 0 Å². The maximum atomic E-state index is 13.3. The molecule has 0 aliphatic carbocycles. The molecule has 1 N–H and O–H groups in total. The Morgan fingerprint density at radius 3 is 2.53 bits per heavy atom.